The summed E-state index contributed by atoms with van der Waals surface area (Å²) < 4.78 is 0. The zero-order valence-electron chi connectivity index (χ0n) is 17.0. The number of hydrogen-bond donors (Lipinski definition) is 3. The predicted molar refractivity (Wildman–Crippen MR) is 115 cm³/mol. The molecule has 1 fully saturated rings. The molecule has 7 heteroatoms. The van der Waals surface area contributed by atoms with Gasteiger partial charge in [0.05, 0.1) is 19.1 Å². The Morgan fingerprint density at radius 2 is 1.33 bits per heavy atom. The van der Waals surface area contributed by atoms with Crippen LogP contribution < -0.4 is 16.0 Å². The molecule has 1 unspecified atom stereocenters. The second-order valence-electron chi connectivity index (χ2n) is 7.30. The van der Waals surface area contributed by atoms with Gasteiger partial charge in [0.1, 0.15) is 0 Å². The first-order valence-corrected chi connectivity index (χ1v) is 10.3. The molecule has 30 heavy (non-hydrogen) atoms. The van der Waals surface area contributed by atoms with Crippen LogP contribution in [0.1, 0.15) is 34.8 Å². The first-order chi connectivity index (χ1) is 14.6. The Balaban J connectivity index is 1.41. The van der Waals surface area contributed by atoms with Crippen molar-refractivity contribution in [2.24, 2.45) is 0 Å². The molecule has 3 rings (SSSR count). The monoisotopic (exact) mass is 408 g/mol. The van der Waals surface area contributed by atoms with Crippen LogP contribution in [0.4, 0.5) is 0 Å². The Hall–Kier alpha value is -3.19. The van der Waals surface area contributed by atoms with Gasteiger partial charge < -0.3 is 16.0 Å². The third kappa shape index (κ3) is 6.42. The Labute approximate surface area is 176 Å². The summed E-state index contributed by atoms with van der Waals surface area (Å²) in [4.78, 5) is 38.5. The van der Waals surface area contributed by atoms with Crippen LogP contribution in [-0.2, 0) is 9.59 Å². The highest BCUT2D eigenvalue weighted by atomic mass is 16.2. The molecule has 2 aromatic rings. The Morgan fingerprint density at radius 1 is 0.767 bits per heavy atom. The smallest absolute Gasteiger partial charge is 0.251 e. The fourth-order valence-corrected chi connectivity index (χ4v) is 3.55. The highest BCUT2D eigenvalue weighted by molar-refractivity contribution is 5.96. The number of nitrogens with zero attached hydrogens (tertiary/aromatic N) is 1. The maximum atomic E-state index is 12.2. The van der Waals surface area contributed by atoms with Crippen molar-refractivity contribution < 1.29 is 14.4 Å². The molecule has 0 radical (unpaired) electrons. The van der Waals surface area contributed by atoms with Crippen molar-refractivity contribution in [1.29, 1.82) is 0 Å². The quantitative estimate of drug-likeness (QED) is 0.586. The Kier molecular flexibility index (Phi) is 7.97. The van der Waals surface area contributed by atoms with Crippen molar-refractivity contribution in [3.05, 3.63) is 71.8 Å². The van der Waals surface area contributed by atoms with Crippen molar-refractivity contribution in [3.8, 4) is 0 Å². The van der Waals surface area contributed by atoms with E-state index in [4.69, 9.17) is 0 Å². The van der Waals surface area contributed by atoms with Crippen molar-refractivity contribution in [1.82, 2.24) is 20.9 Å². The molecule has 1 aliphatic heterocycles. The Morgan fingerprint density at radius 3 is 2.00 bits per heavy atom. The average molecular weight is 409 g/mol. The number of carbonyl (C=O) groups excluding carboxylic acids is 3. The van der Waals surface area contributed by atoms with E-state index in [2.05, 4.69) is 33.0 Å². The maximum absolute atomic E-state index is 12.2. The minimum absolute atomic E-state index is 0.123. The molecule has 0 bridgehead atoms. The number of hydrogen-bond acceptors (Lipinski definition) is 4. The van der Waals surface area contributed by atoms with Gasteiger partial charge in [0.25, 0.3) is 5.91 Å². The van der Waals surface area contributed by atoms with Gasteiger partial charge in [0.15, 0.2) is 0 Å². The van der Waals surface area contributed by atoms with Crippen LogP contribution in [0.25, 0.3) is 0 Å². The van der Waals surface area contributed by atoms with Gasteiger partial charge in [0.2, 0.25) is 11.8 Å². The van der Waals surface area contributed by atoms with Crippen molar-refractivity contribution in [2.45, 2.75) is 18.9 Å². The van der Waals surface area contributed by atoms with Gasteiger partial charge in [-0.05, 0) is 43.6 Å². The molecule has 2 aromatic carbocycles. The largest absolute Gasteiger partial charge is 0.353 e. The summed E-state index contributed by atoms with van der Waals surface area (Å²) in [5.41, 5.74) is 1.66. The molecule has 1 atom stereocenters. The van der Waals surface area contributed by atoms with Crippen LogP contribution in [0.3, 0.4) is 0 Å². The molecule has 158 valence electrons. The van der Waals surface area contributed by atoms with Gasteiger partial charge >= 0.3 is 0 Å². The second kappa shape index (κ2) is 11.1. The van der Waals surface area contributed by atoms with E-state index in [9.17, 15) is 14.4 Å². The molecule has 3 amide bonds. The molecule has 1 saturated heterocycles. The fraction of sp³-hybridized carbons (Fsp3) is 0.348. The predicted octanol–water partition coefficient (Wildman–Crippen LogP) is 1.49. The van der Waals surface area contributed by atoms with Gasteiger partial charge in [-0.1, -0.05) is 48.5 Å². The normalized spacial score (nSPS) is 14.7. The van der Waals surface area contributed by atoms with Gasteiger partial charge in [-0.25, -0.2) is 0 Å². The van der Waals surface area contributed by atoms with E-state index in [0.717, 1.165) is 13.1 Å². The fourth-order valence-electron chi connectivity index (χ4n) is 3.55. The van der Waals surface area contributed by atoms with Crippen LogP contribution >= 0.6 is 0 Å². The van der Waals surface area contributed by atoms with Gasteiger partial charge in [0, 0.05) is 12.1 Å². The lowest BCUT2D eigenvalue weighted by Crippen LogP contribution is -2.44. The van der Waals surface area contributed by atoms with Crippen LogP contribution in [0, 0.1) is 0 Å². The Bertz CT molecular complexity index is 836. The summed E-state index contributed by atoms with van der Waals surface area (Å²) in [5, 5.41) is 8.01. The van der Waals surface area contributed by atoms with Crippen LogP contribution in [0.5, 0.6) is 0 Å². The van der Waals surface area contributed by atoms with Gasteiger partial charge in [-0.2, -0.15) is 0 Å². The number of rotatable bonds is 9. The van der Waals surface area contributed by atoms with E-state index in [1.807, 2.05) is 24.3 Å². The minimum Gasteiger partial charge on any atom is -0.353 e. The van der Waals surface area contributed by atoms with E-state index in [1.54, 1.807) is 24.3 Å². The van der Waals surface area contributed by atoms with E-state index in [1.165, 1.54) is 18.4 Å². The first kappa shape index (κ1) is 21.5. The summed E-state index contributed by atoms with van der Waals surface area (Å²) in [6.45, 7) is 2.23. The number of nitrogens with one attached hydrogen (secondary N) is 3. The topological polar surface area (TPSA) is 90.5 Å². The standard InChI is InChI=1S/C23H28N4O3/c28-21(16-25-22(29)17-26-23(30)19-11-5-2-6-12-19)24-15-20(27-13-7-8-14-27)18-9-3-1-4-10-18/h1-6,9-12,20H,7-8,13-17H2,(H,24,28)(H,25,29)(H,26,30). The molecular formula is C23H28N4O3. The summed E-state index contributed by atoms with van der Waals surface area (Å²) in [6.07, 6.45) is 2.34. The van der Waals surface area contributed by atoms with E-state index in [-0.39, 0.29) is 30.9 Å². The lowest BCUT2D eigenvalue weighted by Gasteiger charge is -2.28. The van der Waals surface area contributed by atoms with Crippen molar-refractivity contribution in [2.75, 3.05) is 32.7 Å². The van der Waals surface area contributed by atoms with Gasteiger partial charge in [-0.3, -0.25) is 19.3 Å². The molecule has 1 heterocycles. The SMILES string of the molecule is O=C(CNC(=O)CNC(=O)c1ccccc1)NCC(c1ccccc1)N1CCCC1. The summed E-state index contributed by atoms with van der Waals surface area (Å²) >= 11 is 0. The zero-order chi connectivity index (χ0) is 21.2. The van der Waals surface area contributed by atoms with Crippen LogP contribution in [-0.4, -0.2) is 55.3 Å². The molecule has 0 aromatic heterocycles. The highest BCUT2D eigenvalue weighted by Crippen LogP contribution is 2.24. The molecule has 1 aliphatic rings. The molecule has 0 saturated carbocycles. The molecular weight excluding hydrogens is 380 g/mol. The minimum atomic E-state index is -0.409. The summed E-state index contributed by atoms with van der Waals surface area (Å²) in [5.74, 6) is -0.988. The third-order valence-electron chi connectivity index (χ3n) is 5.15. The lowest BCUT2D eigenvalue weighted by molar-refractivity contribution is -0.125. The molecule has 3 N–H and O–H groups in total. The van der Waals surface area contributed by atoms with E-state index >= 15 is 0 Å². The molecule has 0 spiro atoms. The number of carbonyl (C=O) groups is 3. The van der Waals surface area contributed by atoms with E-state index < -0.39 is 5.91 Å². The average Bonchev–Trinajstić information content (AvgIpc) is 3.32. The summed E-state index contributed by atoms with van der Waals surface area (Å²) in [6, 6.07) is 18.9. The number of likely N-dealkylation sites (tertiary alicyclic amines) is 1. The van der Waals surface area contributed by atoms with Gasteiger partial charge in [-0.15, -0.1) is 0 Å². The molecule has 7 nitrogen and oxygen atoms in total. The zero-order valence-corrected chi connectivity index (χ0v) is 17.0. The lowest BCUT2D eigenvalue weighted by atomic mass is 10.1. The number of amides is 3. The number of benzene rings is 2. The van der Waals surface area contributed by atoms with Crippen molar-refractivity contribution in [3.63, 3.8) is 0 Å². The second-order valence-corrected chi connectivity index (χ2v) is 7.30. The maximum Gasteiger partial charge on any atom is 0.251 e. The highest BCUT2D eigenvalue weighted by Gasteiger charge is 2.23. The van der Waals surface area contributed by atoms with Crippen LogP contribution in [0.2, 0.25) is 0 Å². The van der Waals surface area contributed by atoms with E-state index in [0.29, 0.717) is 12.1 Å². The van der Waals surface area contributed by atoms with Crippen molar-refractivity contribution >= 4 is 17.7 Å². The third-order valence-corrected chi connectivity index (χ3v) is 5.15. The first-order valence-electron chi connectivity index (χ1n) is 10.3. The van der Waals surface area contributed by atoms with Crippen LogP contribution in [0.15, 0.2) is 60.7 Å². The molecule has 0 aliphatic carbocycles. The summed E-state index contributed by atoms with van der Waals surface area (Å²) in [7, 11) is 0.